The van der Waals surface area contributed by atoms with Gasteiger partial charge in [-0.1, -0.05) is 60.7 Å². The molecule has 7 nitrogen and oxygen atoms in total. The number of rotatable bonds is 14. The monoisotopic (exact) mass is 527 g/mol. The maximum atomic E-state index is 11.5. The number of hydrogen-bond acceptors (Lipinski definition) is 4. The lowest BCUT2D eigenvalue weighted by molar-refractivity contribution is -0.138. The van der Waals surface area contributed by atoms with E-state index in [1.54, 1.807) is 4.57 Å². The van der Waals surface area contributed by atoms with E-state index in [-0.39, 0.29) is 13.0 Å². The molecule has 7 heteroatoms. The summed E-state index contributed by atoms with van der Waals surface area (Å²) in [6, 6.07) is 21.6. The zero-order chi connectivity index (χ0) is 27.6. The van der Waals surface area contributed by atoms with Gasteiger partial charge in [0.1, 0.15) is 18.0 Å². The third-order valence-electron chi connectivity index (χ3n) is 6.40. The molecule has 0 saturated carbocycles. The molecule has 0 saturated heterocycles. The number of benzene rings is 3. The number of hydrogen-bond donors (Lipinski definition) is 2. The molecule has 0 radical (unpaired) electrons. The molecule has 0 aliphatic carbocycles. The molecular formula is C32H33NO6. The largest absolute Gasteiger partial charge is 0.493 e. The minimum absolute atomic E-state index is 0.0755. The Bertz CT molecular complexity index is 1450. The van der Waals surface area contributed by atoms with Gasteiger partial charge in [-0.2, -0.15) is 0 Å². The second-order valence-corrected chi connectivity index (χ2v) is 9.39. The van der Waals surface area contributed by atoms with E-state index in [9.17, 15) is 14.7 Å². The Kier molecular flexibility index (Phi) is 9.40. The fourth-order valence-corrected chi connectivity index (χ4v) is 4.51. The van der Waals surface area contributed by atoms with Crippen molar-refractivity contribution in [3.63, 3.8) is 0 Å². The average Bonchev–Trinajstić information content (AvgIpc) is 3.26. The van der Waals surface area contributed by atoms with Crippen LogP contribution in [0.3, 0.4) is 0 Å². The number of carboxylic acid groups (broad SMARTS) is 2. The molecule has 3 aromatic carbocycles. The summed E-state index contributed by atoms with van der Waals surface area (Å²) in [7, 11) is 0. The summed E-state index contributed by atoms with van der Waals surface area (Å²) in [6.45, 7) is 3.00. The number of aromatic nitrogens is 1. The van der Waals surface area contributed by atoms with Crippen molar-refractivity contribution in [2.75, 3.05) is 13.2 Å². The summed E-state index contributed by atoms with van der Waals surface area (Å²) in [6.07, 6.45) is 7.70. The predicted molar refractivity (Wildman–Crippen MR) is 152 cm³/mol. The molecule has 2 N–H and O–H groups in total. The first kappa shape index (κ1) is 27.5. The lowest BCUT2D eigenvalue weighted by atomic mass is 10.0. The van der Waals surface area contributed by atoms with E-state index in [2.05, 4.69) is 0 Å². The van der Waals surface area contributed by atoms with Crippen molar-refractivity contribution < 1.29 is 29.3 Å². The molecule has 1 aromatic heterocycles. The van der Waals surface area contributed by atoms with Gasteiger partial charge in [0.05, 0.1) is 18.7 Å². The fourth-order valence-electron chi connectivity index (χ4n) is 4.51. The highest BCUT2D eigenvalue weighted by Crippen LogP contribution is 2.28. The van der Waals surface area contributed by atoms with Gasteiger partial charge in [0, 0.05) is 24.4 Å². The number of aryl methyl sites for hydroxylation is 2. The Morgan fingerprint density at radius 3 is 2.36 bits per heavy atom. The van der Waals surface area contributed by atoms with Gasteiger partial charge < -0.3 is 24.3 Å². The van der Waals surface area contributed by atoms with Crippen molar-refractivity contribution in [2.24, 2.45) is 0 Å². The van der Waals surface area contributed by atoms with Gasteiger partial charge in [-0.05, 0) is 60.2 Å². The Labute approximate surface area is 227 Å². The molecule has 0 unspecified atom stereocenters. The molecule has 1 heterocycles. The van der Waals surface area contributed by atoms with Gasteiger partial charge in [0.25, 0.3) is 0 Å². The van der Waals surface area contributed by atoms with Gasteiger partial charge in [-0.15, -0.1) is 0 Å². The van der Waals surface area contributed by atoms with E-state index in [0.29, 0.717) is 26.1 Å². The summed E-state index contributed by atoms with van der Waals surface area (Å²) in [4.78, 5) is 22.4. The summed E-state index contributed by atoms with van der Waals surface area (Å²) in [5.41, 5.74) is 4.78. The van der Waals surface area contributed by atoms with Crippen molar-refractivity contribution >= 4 is 35.0 Å². The summed E-state index contributed by atoms with van der Waals surface area (Å²) in [5.74, 6) is -0.0861. The summed E-state index contributed by atoms with van der Waals surface area (Å²) in [5, 5.41) is 19.3. The highest BCUT2D eigenvalue weighted by atomic mass is 16.5. The van der Waals surface area contributed by atoms with Crippen LogP contribution in [-0.4, -0.2) is 39.9 Å². The third-order valence-corrected chi connectivity index (χ3v) is 6.40. The fraction of sp³-hybridized carbons (Fsp3) is 0.250. The van der Waals surface area contributed by atoms with Gasteiger partial charge in [-0.3, -0.25) is 9.59 Å². The van der Waals surface area contributed by atoms with Gasteiger partial charge in [-0.25, -0.2) is 0 Å². The Balaban J connectivity index is 1.39. The minimum atomic E-state index is -0.930. The second-order valence-electron chi connectivity index (χ2n) is 9.39. The number of carboxylic acids is 2. The van der Waals surface area contributed by atoms with Gasteiger partial charge in [0.2, 0.25) is 0 Å². The van der Waals surface area contributed by atoms with Crippen LogP contribution in [-0.2, 0) is 22.6 Å². The van der Waals surface area contributed by atoms with Crippen LogP contribution in [0.25, 0.3) is 23.1 Å². The second kappa shape index (κ2) is 13.3. The molecule has 0 amide bonds. The van der Waals surface area contributed by atoms with Crippen LogP contribution in [0.4, 0.5) is 0 Å². The SMILES string of the molecule is Cc1ccccc1OCCCOc1ccc(C=Cc2cccc3c(CCCC(=O)O)cn(CC(=O)O)c23)cc1. The molecule has 0 spiro atoms. The highest BCUT2D eigenvalue weighted by molar-refractivity contribution is 5.94. The van der Waals surface area contributed by atoms with E-state index in [1.807, 2.05) is 92.0 Å². The van der Waals surface area contributed by atoms with E-state index < -0.39 is 11.9 Å². The molecule has 0 aliphatic rings. The highest BCUT2D eigenvalue weighted by Gasteiger charge is 2.13. The third kappa shape index (κ3) is 7.74. The van der Waals surface area contributed by atoms with Crippen LogP contribution < -0.4 is 9.47 Å². The number of ether oxygens (including phenoxy) is 2. The van der Waals surface area contributed by atoms with Crippen molar-refractivity contribution in [3.05, 3.63) is 95.2 Å². The number of fused-ring (bicyclic) bond motifs is 1. The molecule has 0 bridgehead atoms. The zero-order valence-electron chi connectivity index (χ0n) is 22.0. The Morgan fingerprint density at radius 2 is 1.62 bits per heavy atom. The number of nitrogens with zero attached hydrogens (tertiary/aromatic N) is 1. The molecular weight excluding hydrogens is 494 g/mol. The quantitative estimate of drug-likeness (QED) is 0.144. The topological polar surface area (TPSA) is 98.0 Å². The van der Waals surface area contributed by atoms with E-state index in [0.717, 1.165) is 51.1 Å². The van der Waals surface area contributed by atoms with Crippen LogP contribution in [0.2, 0.25) is 0 Å². The molecule has 4 rings (SSSR count). The summed E-state index contributed by atoms with van der Waals surface area (Å²) < 4.78 is 13.4. The lowest BCUT2D eigenvalue weighted by Gasteiger charge is -2.10. The van der Waals surface area contributed by atoms with Crippen LogP contribution in [0.1, 0.15) is 41.5 Å². The maximum Gasteiger partial charge on any atom is 0.323 e. The van der Waals surface area contributed by atoms with Crippen LogP contribution in [0.5, 0.6) is 11.5 Å². The van der Waals surface area contributed by atoms with Crippen LogP contribution in [0, 0.1) is 6.92 Å². The van der Waals surface area contributed by atoms with Crippen molar-refractivity contribution in [1.29, 1.82) is 0 Å². The standard InChI is InChI=1S/C32H33NO6/c1-23-7-2-3-11-29(23)39-20-6-19-38-27-17-14-24(15-18-27)13-16-25-8-4-10-28-26(9-5-12-30(34)35)21-33(32(25)28)22-31(36)37/h2-4,7-8,10-11,13-18,21H,5-6,9,12,19-20,22H2,1H3,(H,34,35)(H,36,37). The molecule has 0 fully saturated rings. The Morgan fingerprint density at radius 1 is 0.846 bits per heavy atom. The maximum absolute atomic E-state index is 11.5. The zero-order valence-corrected chi connectivity index (χ0v) is 22.0. The lowest BCUT2D eigenvalue weighted by Crippen LogP contribution is -2.07. The van der Waals surface area contributed by atoms with Gasteiger partial charge >= 0.3 is 11.9 Å². The summed E-state index contributed by atoms with van der Waals surface area (Å²) >= 11 is 0. The first-order valence-electron chi connectivity index (χ1n) is 13.0. The van der Waals surface area contributed by atoms with Crippen LogP contribution in [0.15, 0.2) is 72.9 Å². The number of carbonyl (C=O) groups is 2. The normalized spacial score (nSPS) is 11.2. The smallest absolute Gasteiger partial charge is 0.323 e. The molecule has 0 aliphatic heterocycles. The molecule has 4 aromatic rings. The minimum Gasteiger partial charge on any atom is -0.493 e. The van der Waals surface area contributed by atoms with Gasteiger partial charge in [0.15, 0.2) is 0 Å². The average molecular weight is 528 g/mol. The molecule has 202 valence electrons. The predicted octanol–water partition coefficient (Wildman–Crippen LogP) is 6.46. The Hall–Kier alpha value is -4.52. The number of para-hydroxylation sites is 2. The van der Waals surface area contributed by atoms with E-state index >= 15 is 0 Å². The first-order valence-corrected chi connectivity index (χ1v) is 13.0. The van der Waals surface area contributed by atoms with E-state index in [1.165, 1.54) is 0 Å². The van der Waals surface area contributed by atoms with Crippen molar-refractivity contribution in [3.8, 4) is 11.5 Å². The van der Waals surface area contributed by atoms with E-state index in [4.69, 9.17) is 14.6 Å². The van der Waals surface area contributed by atoms with Crippen LogP contribution >= 0.6 is 0 Å². The van der Waals surface area contributed by atoms with Crippen molar-refractivity contribution in [1.82, 2.24) is 4.57 Å². The molecule has 39 heavy (non-hydrogen) atoms. The first-order chi connectivity index (χ1) is 18.9. The van der Waals surface area contributed by atoms with Crippen molar-refractivity contribution in [2.45, 2.75) is 39.2 Å². The number of aliphatic carboxylic acids is 2. The molecule has 0 atom stereocenters.